The van der Waals surface area contributed by atoms with Crippen molar-refractivity contribution in [1.82, 2.24) is 4.90 Å². The maximum Gasteiger partial charge on any atom is 0.489 e. The van der Waals surface area contributed by atoms with Crippen LogP contribution in [0.15, 0.2) is 0 Å². The molecule has 1 saturated heterocycles. The molecule has 106 valence electrons. The number of hydrogen-bond donors (Lipinski definition) is 2. The molecule has 0 aliphatic carbocycles. The summed E-state index contributed by atoms with van der Waals surface area (Å²) in [5.41, 5.74) is 5.16. The van der Waals surface area contributed by atoms with E-state index in [1.165, 1.54) is 0 Å². The number of hydrogen-bond acceptors (Lipinski definition) is 4. The Morgan fingerprint density at radius 2 is 2.00 bits per heavy atom. The summed E-state index contributed by atoms with van der Waals surface area (Å²) >= 11 is 0. The number of carbonyl (C=O) groups excluding carboxylic acids is 1. The molecule has 0 aromatic heterocycles. The maximum atomic E-state index is 11.6. The minimum absolute atomic E-state index is 0.0208. The smallest absolute Gasteiger partial charge is 0.480 e. The molecule has 1 fully saturated rings. The molecule has 1 unspecified atom stereocenters. The van der Waals surface area contributed by atoms with Gasteiger partial charge in [0.2, 0.25) is 0 Å². The highest BCUT2D eigenvalue weighted by atomic mass is 19.4. The van der Waals surface area contributed by atoms with Gasteiger partial charge in [-0.2, -0.15) is 0 Å². The van der Waals surface area contributed by atoms with Gasteiger partial charge in [-0.05, 0) is 5.92 Å². The van der Waals surface area contributed by atoms with Gasteiger partial charge in [0.25, 0.3) is 0 Å². The fourth-order valence-electron chi connectivity index (χ4n) is 0.909. The third-order valence-corrected chi connectivity index (χ3v) is 2.07. The molecule has 9 heteroatoms. The molecule has 1 atom stereocenters. The van der Waals surface area contributed by atoms with Gasteiger partial charge in [0.05, 0.1) is 6.54 Å². The van der Waals surface area contributed by atoms with Crippen LogP contribution in [0.5, 0.6) is 0 Å². The van der Waals surface area contributed by atoms with E-state index in [0.29, 0.717) is 0 Å². The van der Waals surface area contributed by atoms with Crippen LogP contribution < -0.4 is 5.73 Å². The van der Waals surface area contributed by atoms with Crippen LogP contribution in [0.25, 0.3) is 0 Å². The minimum atomic E-state index is -4.59. The molecule has 0 bridgehead atoms. The molecule has 0 radical (unpaired) electrons. The van der Waals surface area contributed by atoms with Gasteiger partial charge in [0.15, 0.2) is 0 Å². The monoisotopic (exact) mass is 272 g/mol. The van der Waals surface area contributed by atoms with Gasteiger partial charge in [-0.1, -0.05) is 13.8 Å². The summed E-state index contributed by atoms with van der Waals surface area (Å²) in [5.74, 6) is -0.910. The topological polar surface area (TPSA) is 92.9 Å². The number of carboxylic acid groups (broad SMARTS) is 1. The lowest BCUT2D eigenvalue weighted by atomic mass is 10.1. The summed E-state index contributed by atoms with van der Waals surface area (Å²) in [6.07, 6.45) is -5.90. The summed E-state index contributed by atoms with van der Waals surface area (Å²) in [5, 5.41) is 8.23. The molecule has 1 aliphatic rings. The van der Waals surface area contributed by atoms with E-state index in [9.17, 15) is 22.8 Å². The molecule has 0 aromatic rings. The van der Waals surface area contributed by atoms with Gasteiger partial charge in [0.1, 0.15) is 12.6 Å². The van der Waals surface area contributed by atoms with Crippen LogP contribution in [0.1, 0.15) is 13.8 Å². The normalized spacial score (nSPS) is 17.1. The highest BCUT2D eigenvalue weighted by molar-refractivity contribution is 5.73. The average Bonchev–Trinajstić information content (AvgIpc) is 2.63. The highest BCUT2D eigenvalue weighted by Gasteiger charge is 2.44. The lowest BCUT2D eigenvalue weighted by Gasteiger charge is -2.14. The van der Waals surface area contributed by atoms with E-state index < -0.39 is 30.9 Å². The summed E-state index contributed by atoms with van der Waals surface area (Å²) in [6.45, 7) is 2.97. The Labute approximate surface area is 101 Å². The van der Waals surface area contributed by atoms with E-state index in [4.69, 9.17) is 10.8 Å². The van der Waals surface area contributed by atoms with Gasteiger partial charge in [-0.15, -0.1) is 13.2 Å². The lowest BCUT2D eigenvalue weighted by Crippen LogP contribution is -2.38. The van der Waals surface area contributed by atoms with E-state index in [0.717, 1.165) is 0 Å². The Hall–Kier alpha value is -1.51. The Morgan fingerprint density at radius 3 is 2.11 bits per heavy atom. The van der Waals surface area contributed by atoms with Crippen molar-refractivity contribution in [2.45, 2.75) is 26.2 Å². The Balaban J connectivity index is 0.000000331. The van der Waals surface area contributed by atoms with Crippen molar-refractivity contribution in [3.05, 3.63) is 0 Å². The number of nitrogens with zero attached hydrogens (tertiary/aromatic N) is 1. The number of cyclic esters (lactones) is 1. The number of amides is 1. The molecule has 0 saturated carbocycles. The van der Waals surface area contributed by atoms with Gasteiger partial charge < -0.3 is 15.6 Å². The lowest BCUT2D eigenvalue weighted by molar-refractivity contribution is -0.219. The van der Waals surface area contributed by atoms with Crippen molar-refractivity contribution in [3.8, 4) is 0 Å². The number of carboxylic acids is 1. The summed E-state index contributed by atoms with van der Waals surface area (Å²) in [7, 11) is 0. The number of aliphatic carboxylic acids is 1. The number of rotatable bonds is 2. The van der Waals surface area contributed by atoms with E-state index in [1.54, 1.807) is 13.8 Å². The quantitative estimate of drug-likeness (QED) is 0.732. The Kier molecular flexibility index (Phi) is 5.89. The molecule has 3 N–H and O–H groups in total. The van der Waals surface area contributed by atoms with Crippen LogP contribution in [0, 0.1) is 5.92 Å². The third-order valence-electron chi connectivity index (χ3n) is 2.07. The fourth-order valence-corrected chi connectivity index (χ4v) is 0.909. The van der Waals surface area contributed by atoms with Crippen molar-refractivity contribution in [1.29, 1.82) is 0 Å². The molecule has 1 rings (SSSR count). The minimum Gasteiger partial charge on any atom is -0.480 e. The zero-order valence-corrected chi connectivity index (χ0v) is 9.90. The predicted octanol–water partition coefficient (Wildman–Crippen LogP) is 1.01. The Morgan fingerprint density at radius 1 is 1.50 bits per heavy atom. The summed E-state index contributed by atoms with van der Waals surface area (Å²) < 4.78 is 39.0. The fraction of sp³-hybridized carbons (Fsp3) is 0.778. The number of carbonyl (C=O) groups is 2. The standard InChI is InChI=1S/C5H11NO2.C4H4F3NO2/c1-3(2)4(6)5(7)8;5-4(6,7)8-1-2-10-3(8)9/h3-4H,6H2,1-2H3,(H,7,8);1-2H2. The second-order valence-electron chi connectivity index (χ2n) is 3.84. The largest absolute Gasteiger partial charge is 0.489 e. The SMILES string of the molecule is CC(C)C(N)C(=O)O.O=C1OCCN1C(F)(F)F. The van der Waals surface area contributed by atoms with Crippen LogP contribution in [-0.2, 0) is 9.53 Å². The van der Waals surface area contributed by atoms with Crippen LogP contribution in [0.2, 0.25) is 0 Å². The molecule has 1 amide bonds. The first-order chi connectivity index (χ1) is 8.07. The van der Waals surface area contributed by atoms with Crippen LogP contribution in [0.3, 0.4) is 0 Å². The third kappa shape index (κ3) is 5.21. The van der Waals surface area contributed by atoms with E-state index in [-0.39, 0.29) is 17.4 Å². The molecule has 18 heavy (non-hydrogen) atoms. The van der Waals surface area contributed by atoms with Gasteiger partial charge in [-0.25, -0.2) is 9.69 Å². The van der Waals surface area contributed by atoms with E-state index >= 15 is 0 Å². The number of alkyl halides is 3. The van der Waals surface area contributed by atoms with E-state index in [1.807, 2.05) is 0 Å². The van der Waals surface area contributed by atoms with Gasteiger partial charge in [0, 0.05) is 0 Å². The zero-order chi connectivity index (χ0) is 14.5. The van der Waals surface area contributed by atoms with Crippen molar-refractivity contribution in [3.63, 3.8) is 0 Å². The zero-order valence-electron chi connectivity index (χ0n) is 9.90. The van der Waals surface area contributed by atoms with Crippen molar-refractivity contribution >= 4 is 12.1 Å². The maximum absolute atomic E-state index is 11.6. The van der Waals surface area contributed by atoms with Gasteiger partial charge in [-0.3, -0.25) is 4.79 Å². The number of halogens is 3. The molecular formula is C9H15F3N2O4. The molecule has 6 nitrogen and oxygen atoms in total. The molecule has 1 aliphatic heterocycles. The molecule has 0 spiro atoms. The first kappa shape index (κ1) is 16.5. The van der Waals surface area contributed by atoms with Crippen molar-refractivity contribution < 1.29 is 32.6 Å². The van der Waals surface area contributed by atoms with Crippen LogP contribution in [-0.4, -0.2) is 47.6 Å². The average molecular weight is 272 g/mol. The van der Waals surface area contributed by atoms with Crippen molar-refractivity contribution in [2.24, 2.45) is 11.7 Å². The first-order valence-corrected chi connectivity index (χ1v) is 5.07. The number of nitrogens with two attached hydrogens (primary N) is 1. The Bertz CT molecular complexity index is 307. The second kappa shape index (κ2) is 6.43. The molecule has 0 aromatic carbocycles. The van der Waals surface area contributed by atoms with Crippen molar-refractivity contribution in [2.75, 3.05) is 13.2 Å². The molecule has 1 heterocycles. The predicted molar refractivity (Wildman–Crippen MR) is 54.6 cm³/mol. The second-order valence-corrected chi connectivity index (χ2v) is 3.84. The van der Waals surface area contributed by atoms with Crippen LogP contribution >= 0.6 is 0 Å². The van der Waals surface area contributed by atoms with Crippen LogP contribution in [0.4, 0.5) is 18.0 Å². The number of ether oxygens (including phenoxy) is 1. The summed E-state index contributed by atoms with van der Waals surface area (Å²) in [6, 6.07) is -0.713. The first-order valence-electron chi connectivity index (χ1n) is 5.07. The highest BCUT2D eigenvalue weighted by Crippen LogP contribution is 2.24. The van der Waals surface area contributed by atoms with Gasteiger partial charge >= 0.3 is 18.4 Å². The van der Waals surface area contributed by atoms with E-state index in [2.05, 4.69) is 4.74 Å². The molecular weight excluding hydrogens is 257 g/mol. The summed E-state index contributed by atoms with van der Waals surface area (Å²) in [4.78, 5) is 19.9.